The van der Waals surface area contributed by atoms with E-state index in [1.54, 1.807) is 4.68 Å². The monoisotopic (exact) mass is 370 g/mol. The Morgan fingerprint density at radius 2 is 1.74 bits per heavy atom. The zero-order valence-corrected chi connectivity index (χ0v) is 15.0. The first kappa shape index (κ1) is 17.5. The van der Waals surface area contributed by atoms with Gasteiger partial charge in [0.2, 0.25) is 0 Å². The number of hydrogen-bond acceptors (Lipinski definition) is 5. The van der Waals surface area contributed by atoms with Crippen LogP contribution in [0.5, 0.6) is 0 Å². The van der Waals surface area contributed by atoms with Crippen molar-refractivity contribution in [3.05, 3.63) is 65.7 Å². The summed E-state index contributed by atoms with van der Waals surface area (Å²) in [5.41, 5.74) is 1.31. The fraction of sp³-hybridized carbons (Fsp3) is 0.316. The SMILES string of the molecule is Cc1ccn(-c2cc(N3CCN(Cc4cc(F)ccc4F)CC3)ncn2)n1. The molecule has 0 amide bonds. The van der Waals surface area contributed by atoms with Gasteiger partial charge in [-0.2, -0.15) is 5.10 Å². The van der Waals surface area contributed by atoms with Crippen molar-refractivity contribution in [3.8, 4) is 5.82 Å². The van der Waals surface area contributed by atoms with E-state index in [1.807, 2.05) is 25.3 Å². The Hall–Kier alpha value is -2.87. The van der Waals surface area contributed by atoms with Crippen molar-refractivity contribution in [1.82, 2.24) is 24.6 Å². The molecule has 1 saturated heterocycles. The fourth-order valence-electron chi connectivity index (χ4n) is 3.22. The van der Waals surface area contributed by atoms with Gasteiger partial charge in [-0.15, -0.1) is 0 Å². The third-order valence-electron chi connectivity index (χ3n) is 4.69. The number of aryl methyl sites for hydroxylation is 1. The highest BCUT2D eigenvalue weighted by Crippen LogP contribution is 2.18. The predicted molar refractivity (Wildman–Crippen MR) is 97.7 cm³/mol. The van der Waals surface area contributed by atoms with Gasteiger partial charge in [-0.1, -0.05) is 0 Å². The summed E-state index contributed by atoms with van der Waals surface area (Å²) in [4.78, 5) is 12.9. The van der Waals surface area contributed by atoms with E-state index in [2.05, 4.69) is 24.9 Å². The van der Waals surface area contributed by atoms with Crippen molar-refractivity contribution >= 4 is 5.82 Å². The van der Waals surface area contributed by atoms with Crippen molar-refractivity contribution in [1.29, 1.82) is 0 Å². The van der Waals surface area contributed by atoms with Gasteiger partial charge in [0, 0.05) is 50.6 Å². The number of hydrogen-bond donors (Lipinski definition) is 0. The van der Waals surface area contributed by atoms with Crippen LogP contribution in [-0.4, -0.2) is 50.8 Å². The van der Waals surface area contributed by atoms with Crippen LogP contribution in [0, 0.1) is 18.6 Å². The summed E-state index contributed by atoms with van der Waals surface area (Å²) >= 11 is 0. The highest BCUT2D eigenvalue weighted by Gasteiger charge is 2.20. The van der Waals surface area contributed by atoms with Gasteiger partial charge in [-0.3, -0.25) is 4.90 Å². The summed E-state index contributed by atoms with van der Waals surface area (Å²) in [7, 11) is 0. The molecule has 0 N–H and O–H groups in total. The second-order valence-corrected chi connectivity index (χ2v) is 6.64. The maximum Gasteiger partial charge on any atom is 0.158 e. The smallest absolute Gasteiger partial charge is 0.158 e. The highest BCUT2D eigenvalue weighted by molar-refractivity contribution is 5.43. The number of rotatable bonds is 4. The lowest BCUT2D eigenvalue weighted by Gasteiger charge is -2.35. The van der Waals surface area contributed by atoms with E-state index < -0.39 is 5.82 Å². The van der Waals surface area contributed by atoms with Gasteiger partial charge in [-0.05, 0) is 31.2 Å². The number of aromatic nitrogens is 4. The number of nitrogens with zero attached hydrogens (tertiary/aromatic N) is 6. The predicted octanol–water partition coefficient (Wildman–Crippen LogP) is 2.57. The number of anilines is 1. The molecule has 1 aliphatic heterocycles. The van der Waals surface area contributed by atoms with Gasteiger partial charge in [0.1, 0.15) is 23.8 Å². The lowest BCUT2D eigenvalue weighted by molar-refractivity contribution is 0.245. The Labute approximate surface area is 156 Å². The Kier molecular flexibility index (Phi) is 4.81. The van der Waals surface area contributed by atoms with E-state index in [0.717, 1.165) is 49.6 Å². The van der Waals surface area contributed by atoms with Crippen LogP contribution in [0.4, 0.5) is 14.6 Å². The van der Waals surface area contributed by atoms with E-state index in [0.29, 0.717) is 12.1 Å². The zero-order valence-electron chi connectivity index (χ0n) is 15.0. The van der Waals surface area contributed by atoms with Gasteiger partial charge >= 0.3 is 0 Å². The Morgan fingerprint density at radius 1 is 0.963 bits per heavy atom. The molecule has 1 fully saturated rings. The Balaban J connectivity index is 1.41. The molecule has 1 aromatic carbocycles. The maximum absolute atomic E-state index is 13.8. The summed E-state index contributed by atoms with van der Waals surface area (Å²) in [6.07, 6.45) is 3.41. The summed E-state index contributed by atoms with van der Waals surface area (Å²) in [6.45, 7) is 5.33. The van der Waals surface area contributed by atoms with Crippen LogP contribution >= 0.6 is 0 Å². The first-order chi connectivity index (χ1) is 13.1. The maximum atomic E-state index is 13.8. The number of benzene rings is 1. The van der Waals surface area contributed by atoms with Gasteiger partial charge in [0.15, 0.2) is 5.82 Å². The molecule has 0 atom stereocenters. The molecular formula is C19H20F2N6. The molecule has 0 aliphatic carbocycles. The Morgan fingerprint density at radius 3 is 2.48 bits per heavy atom. The summed E-state index contributed by atoms with van der Waals surface area (Å²) < 4.78 is 28.9. The molecular weight excluding hydrogens is 350 g/mol. The standard InChI is InChI=1S/C19H20F2N6/c1-14-4-5-27(24-14)19-11-18(22-13-23-19)26-8-6-25(7-9-26)12-15-10-16(20)2-3-17(15)21/h2-5,10-11,13H,6-9,12H2,1H3. The molecule has 0 spiro atoms. The molecule has 140 valence electrons. The first-order valence-corrected chi connectivity index (χ1v) is 8.84. The fourth-order valence-corrected chi connectivity index (χ4v) is 3.22. The van der Waals surface area contributed by atoms with E-state index in [9.17, 15) is 8.78 Å². The molecule has 3 aromatic rings. The van der Waals surface area contributed by atoms with Crippen molar-refractivity contribution < 1.29 is 8.78 Å². The van der Waals surface area contributed by atoms with Crippen LogP contribution in [0.1, 0.15) is 11.3 Å². The highest BCUT2D eigenvalue weighted by atomic mass is 19.1. The molecule has 0 radical (unpaired) electrons. The van der Waals surface area contributed by atoms with Gasteiger partial charge in [-0.25, -0.2) is 23.4 Å². The van der Waals surface area contributed by atoms with Crippen LogP contribution in [-0.2, 0) is 6.54 Å². The number of halogens is 2. The average Bonchev–Trinajstić information content (AvgIpc) is 3.12. The minimum Gasteiger partial charge on any atom is -0.354 e. The summed E-state index contributed by atoms with van der Waals surface area (Å²) in [5, 5.41) is 4.37. The molecule has 8 heteroatoms. The molecule has 0 unspecified atom stereocenters. The van der Waals surface area contributed by atoms with Gasteiger partial charge < -0.3 is 4.90 Å². The molecule has 0 saturated carbocycles. The quantitative estimate of drug-likeness (QED) is 0.707. The van der Waals surface area contributed by atoms with Crippen molar-refractivity contribution in [2.24, 2.45) is 0 Å². The molecule has 4 rings (SSSR count). The molecule has 3 heterocycles. The second-order valence-electron chi connectivity index (χ2n) is 6.64. The largest absolute Gasteiger partial charge is 0.354 e. The second kappa shape index (κ2) is 7.40. The summed E-state index contributed by atoms with van der Waals surface area (Å²) in [6, 6.07) is 7.43. The minimum atomic E-state index is -0.410. The molecule has 6 nitrogen and oxygen atoms in total. The molecule has 1 aliphatic rings. The van der Waals surface area contributed by atoms with Crippen molar-refractivity contribution in [2.75, 3.05) is 31.1 Å². The normalized spacial score (nSPS) is 15.3. The van der Waals surface area contributed by atoms with Crippen molar-refractivity contribution in [2.45, 2.75) is 13.5 Å². The van der Waals surface area contributed by atoms with Gasteiger partial charge in [0.25, 0.3) is 0 Å². The zero-order chi connectivity index (χ0) is 18.8. The van der Waals surface area contributed by atoms with Crippen LogP contribution in [0.3, 0.4) is 0 Å². The average molecular weight is 370 g/mol. The van der Waals surface area contributed by atoms with E-state index >= 15 is 0 Å². The van der Waals surface area contributed by atoms with Crippen LogP contribution in [0.25, 0.3) is 5.82 Å². The third-order valence-corrected chi connectivity index (χ3v) is 4.69. The third kappa shape index (κ3) is 3.95. The van der Waals surface area contributed by atoms with Crippen LogP contribution in [0.15, 0.2) is 42.9 Å². The van der Waals surface area contributed by atoms with Crippen molar-refractivity contribution in [3.63, 3.8) is 0 Å². The first-order valence-electron chi connectivity index (χ1n) is 8.84. The lowest BCUT2D eigenvalue weighted by atomic mass is 10.1. The van der Waals surface area contributed by atoms with Crippen LogP contribution < -0.4 is 4.90 Å². The minimum absolute atomic E-state index is 0.367. The van der Waals surface area contributed by atoms with E-state index in [1.165, 1.54) is 18.5 Å². The molecule has 0 bridgehead atoms. The summed E-state index contributed by atoms with van der Waals surface area (Å²) in [5.74, 6) is 0.781. The van der Waals surface area contributed by atoms with Crippen LogP contribution in [0.2, 0.25) is 0 Å². The molecule has 2 aromatic heterocycles. The van der Waals surface area contributed by atoms with E-state index in [-0.39, 0.29) is 5.82 Å². The number of piperazine rings is 1. The van der Waals surface area contributed by atoms with E-state index in [4.69, 9.17) is 0 Å². The lowest BCUT2D eigenvalue weighted by Crippen LogP contribution is -2.46. The molecule has 27 heavy (non-hydrogen) atoms. The Bertz CT molecular complexity index is 933. The van der Waals surface area contributed by atoms with Gasteiger partial charge in [0.05, 0.1) is 5.69 Å². The topological polar surface area (TPSA) is 50.1 Å².